The molecule has 2 rings (SSSR count). The van der Waals surface area contributed by atoms with Crippen molar-refractivity contribution >= 4 is 27.3 Å². The topological polar surface area (TPSA) is 67.3 Å². The van der Waals surface area contributed by atoms with Crippen LogP contribution in [-0.2, 0) is 9.84 Å². The third-order valence-corrected chi connectivity index (χ3v) is 5.18. The zero-order chi connectivity index (χ0) is 14.0. The number of halogens is 1. The quantitative estimate of drug-likeness (QED) is 0.846. The van der Waals surface area contributed by atoms with Crippen LogP contribution in [0.15, 0.2) is 18.3 Å². The van der Waals surface area contributed by atoms with Crippen LogP contribution in [0.4, 0.5) is 0 Å². The second kappa shape index (κ2) is 5.46. The standard InChI is InChI=1S/C12H15ClN2O3S/c1-2-15(10-4-6-19(17,18)8-10)12(16)11-7-9(13)3-5-14-11/h3,5,7,10H,2,4,6,8H2,1H3. The minimum atomic E-state index is -3.01. The summed E-state index contributed by atoms with van der Waals surface area (Å²) in [5.74, 6) is -0.0931. The third kappa shape index (κ3) is 3.25. The minimum Gasteiger partial charge on any atom is -0.334 e. The van der Waals surface area contributed by atoms with Gasteiger partial charge in [0, 0.05) is 23.8 Å². The summed E-state index contributed by atoms with van der Waals surface area (Å²) in [5, 5.41) is 0.438. The summed E-state index contributed by atoms with van der Waals surface area (Å²) in [4.78, 5) is 17.9. The Balaban J connectivity index is 2.21. The predicted octanol–water partition coefficient (Wildman–Crippen LogP) is 1.38. The average molecular weight is 303 g/mol. The number of aromatic nitrogens is 1. The van der Waals surface area contributed by atoms with E-state index < -0.39 is 9.84 Å². The number of hydrogen-bond donors (Lipinski definition) is 0. The normalized spacial score (nSPS) is 21.3. The van der Waals surface area contributed by atoms with E-state index in [1.54, 1.807) is 11.0 Å². The van der Waals surface area contributed by atoms with E-state index in [4.69, 9.17) is 11.6 Å². The Kier molecular flexibility index (Phi) is 4.10. The van der Waals surface area contributed by atoms with Crippen LogP contribution in [0.5, 0.6) is 0 Å². The number of sulfone groups is 1. The van der Waals surface area contributed by atoms with Gasteiger partial charge in [0.15, 0.2) is 9.84 Å². The molecule has 0 bridgehead atoms. The van der Waals surface area contributed by atoms with Gasteiger partial charge < -0.3 is 4.90 Å². The number of pyridine rings is 1. The third-order valence-electron chi connectivity index (χ3n) is 3.19. The van der Waals surface area contributed by atoms with Crippen LogP contribution in [0, 0.1) is 0 Å². The molecule has 1 saturated heterocycles. The van der Waals surface area contributed by atoms with Gasteiger partial charge in [0.25, 0.3) is 5.91 Å². The lowest BCUT2D eigenvalue weighted by molar-refractivity contribution is 0.0702. The van der Waals surface area contributed by atoms with Gasteiger partial charge >= 0.3 is 0 Å². The second-order valence-corrected chi connectivity index (χ2v) is 7.17. The van der Waals surface area contributed by atoms with Crippen LogP contribution in [0.25, 0.3) is 0 Å². The smallest absolute Gasteiger partial charge is 0.272 e. The van der Waals surface area contributed by atoms with Gasteiger partial charge in [0.1, 0.15) is 5.69 Å². The summed E-state index contributed by atoms with van der Waals surface area (Å²) >= 11 is 5.84. The Morgan fingerprint density at radius 3 is 2.84 bits per heavy atom. The molecule has 104 valence electrons. The van der Waals surface area contributed by atoms with Crippen LogP contribution >= 0.6 is 11.6 Å². The fraction of sp³-hybridized carbons (Fsp3) is 0.500. The summed E-state index contributed by atoms with van der Waals surface area (Å²) in [6.07, 6.45) is 1.96. The molecular formula is C12H15ClN2O3S. The Morgan fingerprint density at radius 1 is 1.58 bits per heavy atom. The minimum absolute atomic E-state index is 0.0349. The zero-order valence-corrected chi connectivity index (χ0v) is 12.1. The Morgan fingerprint density at radius 2 is 2.32 bits per heavy atom. The summed E-state index contributed by atoms with van der Waals surface area (Å²) < 4.78 is 23.0. The van der Waals surface area contributed by atoms with Gasteiger partial charge in [-0.05, 0) is 25.5 Å². The van der Waals surface area contributed by atoms with Gasteiger partial charge in [0.2, 0.25) is 0 Å². The number of hydrogen-bond acceptors (Lipinski definition) is 4. The van der Waals surface area contributed by atoms with Crippen molar-refractivity contribution in [3.63, 3.8) is 0 Å². The lowest BCUT2D eigenvalue weighted by atomic mass is 10.2. The van der Waals surface area contributed by atoms with Gasteiger partial charge in [-0.15, -0.1) is 0 Å². The highest BCUT2D eigenvalue weighted by molar-refractivity contribution is 7.91. The lowest BCUT2D eigenvalue weighted by Crippen LogP contribution is -2.41. The lowest BCUT2D eigenvalue weighted by Gasteiger charge is -2.26. The van der Waals surface area contributed by atoms with Crippen LogP contribution in [0.3, 0.4) is 0 Å². The van der Waals surface area contributed by atoms with Crippen LogP contribution in [-0.4, -0.2) is 48.3 Å². The molecule has 0 aliphatic carbocycles. The molecule has 0 radical (unpaired) electrons. The highest BCUT2D eigenvalue weighted by atomic mass is 35.5. The van der Waals surface area contributed by atoms with Crippen molar-refractivity contribution in [2.45, 2.75) is 19.4 Å². The number of nitrogens with zero attached hydrogens (tertiary/aromatic N) is 2. The summed E-state index contributed by atoms with van der Waals surface area (Å²) in [6.45, 7) is 2.28. The first-order chi connectivity index (χ1) is 8.93. The maximum Gasteiger partial charge on any atom is 0.272 e. The van der Waals surface area contributed by atoms with E-state index in [0.717, 1.165) is 0 Å². The molecule has 1 aliphatic heterocycles. The molecular weight excluding hydrogens is 288 g/mol. The second-order valence-electron chi connectivity index (χ2n) is 4.51. The van der Waals surface area contributed by atoms with Crippen molar-refractivity contribution in [2.24, 2.45) is 0 Å². The van der Waals surface area contributed by atoms with Crippen molar-refractivity contribution in [1.29, 1.82) is 0 Å². The summed E-state index contributed by atoms with van der Waals surface area (Å²) in [6, 6.07) is 2.83. The van der Waals surface area contributed by atoms with E-state index in [9.17, 15) is 13.2 Å². The number of carbonyl (C=O) groups excluding carboxylic acids is 1. The van der Waals surface area contributed by atoms with E-state index >= 15 is 0 Å². The molecule has 1 fully saturated rings. The fourth-order valence-corrected chi connectivity index (χ4v) is 4.15. The number of rotatable bonds is 3. The number of amides is 1. The van der Waals surface area contributed by atoms with Crippen molar-refractivity contribution < 1.29 is 13.2 Å². The van der Waals surface area contributed by atoms with Crippen molar-refractivity contribution in [1.82, 2.24) is 9.88 Å². The molecule has 1 aromatic heterocycles. The van der Waals surface area contributed by atoms with Crippen molar-refractivity contribution in [3.8, 4) is 0 Å². The Labute approximate surface area is 117 Å². The molecule has 0 spiro atoms. The van der Waals surface area contributed by atoms with Gasteiger partial charge in [-0.1, -0.05) is 11.6 Å². The molecule has 1 aliphatic rings. The first kappa shape index (κ1) is 14.3. The van der Waals surface area contributed by atoms with E-state index in [2.05, 4.69) is 4.98 Å². The van der Waals surface area contributed by atoms with E-state index in [1.165, 1.54) is 12.3 Å². The highest BCUT2D eigenvalue weighted by Gasteiger charge is 2.34. The summed E-state index contributed by atoms with van der Waals surface area (Å²) in [5.41, 5.74) is 0.249. The summed E-state index contributed by atoms with van der Waals surface area (Å²) in [7, 11) is -3.01. The average Bonchev–Trinajstić information content (AvgIpc) is 2.70. The monoisotopic (exact) mass is 302 g/mol. The molecule has 1 aromatic rings. The van der Waals surface area contributed by atoms with E-state index in [0.29, 0.717) is 18.0 Å². The molecule has 0 saturated carbocycles. The molecule has 0 N–H and O–H groups in total. The largest absolute Gasteiger partial charge is 0.334 e. The maximum atomic E-state index is 12.3. The van der Waals surface area contributed by atoms with Crippen LogP contribution in [0.1, 0.15) is 23.8 Å². The molecule has 2 heterocycles. The molecule has 1 unspecified atom stereocenters. The van der Waals surface area contributed by atoms with Crippen LogP contribution < -0.4 is 0 Å². The predicted molar refractivity (Wildman–Crippen MR) is 73.0 cm³/mol. The molecule has 1 atom stereocenters. The van der Waals surface area contributed by atoms with Crippen molar-refractivity contribution in [2.75, 3.05) is 18.1 Å². The zero-order valence-electron chi connectivity index (χ0n) is 10.5. The Hall–Kier alpha value is -1.14. The van der Waals surface area contributed by atoms with Crippen molar-refractivity contribution in [3.05, 3.63) is 29.0 Å². The first-order valence-corrected chi connectivity index (χ1v) is 8.26. The molecule has 5 nitrogen and oxygen atoms in total. The van der Waals surface area contributed by atoms with Gasteiger partial charge in [0.05, 0.1) is 11.5 Å². The molecule has 1 amide bonds. The van der Waals surface area contributed by atoms with Gasteiger partial charge in [-0.3, -0.25) is 9.78 Å². The van der Waals surface area contributed by atoms with E-state index in [-0.39, 0.29) is 29.1 Å². The highest BCUT2D eigenvalue weighted by Crippen LogP contribution is 2.20. The van der Waals surface area contributed by atoms with Crippen LogP contribution in [0.2, 0.25) is 5.02 Å². The maximum absolute atomic E-state index is 12.3. The molecule has 7 heteroatoms. The van der Waals surface area contributed by atoms with E-state index in [1.807, 2.05) is 6.92 Å². The van der Waals surface area contributed by atoms with Gasteiger partial charge in [-0.25, -0.2) is 8.42 Å². The fourth-order valence-electron chi connectivity index (χ4n) is 2.26. The Bertz CT molecular complexity index is 588. The SMILES string of the molecule is CCN(C(=O)c1cc(Cl)ccn1)C1CCS(=O)(=O)C1. The molecule has 0 aromatic carbocycles. The molecule has 19 heavy (non-hydrogen) atoms. The first-order valence-electron chi connectivity index (χ1n) is 6.06. The van der Waals surface area contributed by atoms with Gasteiger partial charge in [-0.2, -0.15) is 0 Å². The number of carbonyl (C=O) groups is 1.